The van der Waals surface area contributed by atoms with E-state index in [-0.39, 0.29) is 23.1 Å². The lowest BCUT2D eigenvalue weighted by atomic mass is 10.0. The van der Waals surface area contributed by atoms with Gasteiger partial charge < -0.3 is 10.0 Å². The van der Waals surface area contributed by atoms with E-state index in [1.165, 1.54) is 4.90 Å². The third kappa shape index (κ3) is 3.00. The monoisotopic (exact) mass is 351 g/mol. The molecule has 0 spiro atoms. The third-order valence-corrected chi connectivity index (χ3v) is 4.36. The molecule has 2 aromatic rings. The van der Waals surface area contributed by atoms with Crippen molar-refractivity contribution in [2.75, 3.05) is 18.0 Å². The molecule has 1 aromatic carbocycles. The molecule has 1 saturated heterocycles. The van der Waals surface area contributed by atoms with E-state index in [0.717, 1.165) is 23.7 Å². The van der Waals surface area contributed by atoms with E-state index in [1.54, 1.807) is 0 Å². The van der Waals surface area contributed by atoms with Gasteiger partial charge in [0.15, 0.2) is 11.4 Å². The maximum atomic E-state index is 13.2. The number of benzene rings is 1. The fourth-order valence-electron chi connectivity index (χ4n) is 2.33. The van der Waals surface area contributed by atoms with Crippen molar-refractivity contribution in [3.63, 3.8) is 0 Å². The van der Waals surface area contributed by atoms with Gasteiger partial charge in [0, 0.05) is 36.1 Å². The minimum Gasteiger partial charge on any atom is -0.379 e. The zero-order valence-electron chi connectivity index (χ0n) is 11.4. The summed E-state index contributed by atoms with van der Waals surface area (Å²) in [6, 6.07) is 2.76. The molecule has 1 atom stereocenters. The van der Waals surface area contributed by atoms with Gasteiger partial charge in [-0.05, 0) is 12.1 Å². The lowest BCUT2D eigenvalue weighted by Crippen LogP contribution is -2.47. The number of rotatable bonds is 2. The van der Waals surface area contributed by atoms with Gasteiger partial charge in [0.25, 0.3) is 0 Å². The molecule has 1 fully saturated rings. The van der Waals surface area contributed by atoms with Gasteiger partial charge in [-0.1, -0.05) is 0 Å². The molecule has 1 N–H and O–H groups in total. The van der Waals surface area contributed by atoms with Gasteiger partial charge in [-0.2, -0.15) is 22.5 Å². The average Bonchev–Trinajstić information content (AvgIpc) is 3.03. The van der Waals surface area contributed by atoms with E-state index in [1.807, 2.05) is 0 Å². The van der Waals surface area contributed by atoms with Crippen molar-refractivity contribution in [2.24, 2.45) is 0 Å². The van der Waals surface area contributed by atoms with Crippen molar-refractivity contribution in [1.82, 2.24) is 9.36 Å². The molecule has 0 aliphatic carbocycles. The van der Waals surface area contributed by atoms with Crippen LogP contribution < -0.4 is 4.90 Å². The van der Waals surface area contributed by atoms with Crippen molar-refractivity contribution in [1.29, 1.82) is 0 Å². The Hall–Kier alpha value is -1.81. The fraction of sp³-hybridized carbons (Fsp3) is 0.385. The second kappa shape index (κ2) is 5.38. The van der Waals surface area contributed by atoms with Gasteiger partial charge in [0.1, 0.15) is 11.6 Å². The van der Waals surface area contributed by atoms with Crippen LogP contribution in [-0.2, 0) is 0 Å². The molecule has 0 radical (unpaired) electrons. The largest absolute Gasteiger partial charge is 0.419 e. The van der Waals surface area contributed by atoms with Crippen molar-refractivity contribution in [3.8, 4) is 11.4 Å². The second-order valence-electron chi connectivity index (χ2n) is 5.26. The zero-order valence-corrected chi connectivity index (χ0v) is 12.3. The molecule has 23 heavy (non-hydrogen) atoms. The van der Waals surface area contributed by atoms with Crippen molar-refractivity contribution >= 4 is 16.7 Å². The summed E-state index contributed by atoms with van der Waals surface area (Å²) in [7, 11) is 0. The first-order valence-electron chi connectivity index (χ1n) is 6.52. The summed E-state index contributed by atoms with van der Waals surface area (Å²) in [4.78, 5) is 5.27. The molecule has 0 saturated carbocycles. The van der Waals surface area contributed by atoms with Crippen LogP contribution in [0.25, 0.3) is 11.4 Å². The summed E-state index contributed by atoms with van der Waals surface area (Å²) in [5.74, 6) is -1.58. The number of β-amino-alcohol motifs (C(OH)–C–C–N with tert-alkyl or cyclic N) is 1. The van der Waals surface area contributed by atoms with Crippen LogP contribution in [0.2, 0.25) is 0 Å². The standard InChI is InChI=1S/C13H10F5N3OS/c14-8-3-7(4-9(15)5-8)10-19-11(23-20-10)21-2-1-12(22,6-21)13(16,17)18/h3-5,22H,1-2,6H2. The van der Waals surface area contributed by atoms with Gasteiger partial charge in [-0.25, -0.2) is 8.78 Å². The number of nitrogens with zero attached hydrogens (tertiary/aromatic N) is 3. The summed E-state index contributed by atoms with van der Waals surface area (Å²) in [6.07, 6.45) is -5.21. The van der Waals surface area contributed by atoms with Crippen LogP contribution >= 0.6 is 11.5 Å². The van der Waals surface area contributed by atoms with Crippen LogP contribution in [0.3, 0.4) is 0 Å². The predicted molar refractivity (Wildman–Crippen MR) is 73.1 cm³/mol. The number of halogens is 5. The Morgan fingerprint density at radius 3 is 2.39 bits per heavy atom. The molecule has 1 aliphatic rings. The van der Waals surface area contributed by atoms with Crippen LogP contribution in [0, 0.1) is 11.6 Å². The molecular formula is C13H10F5N3OS. The molecule has 0 amide bonds. The highest BCUT2D eigenvalue weighted by molar-refractivity contribution is 7.09. The molecule has 124 valence electrons. The van der Waals surface area contributed by atoms with Crippen molar-refractivity contribution in [2.45, 2.75) is 18.2 Å². The summed E-state index contributed by atoms with van der Waals surface area (Å²) in [5, 5.41) is 9.80. The minimum absolute atomic E-state index is 0.0193. The van der Waals surface area contributed by atoms with Gasteiger partial charge in [0.2, 0.25) is 5.13 Å². The van der Waals surface area contributed by atoms with Gasteiger partial charge >= 0.3 is 6.18 Å². The molecule has 10 heteroatoms. The first kappa shape index (κ1) is 16.1. The Bertz CT molecular complexity index is 714. The smallest absolute Gasteiger partial charge is 0.379 e. The quantitative estimate of drug-likeness (QED) is 0.845. The van der Waals surface area contributed by atoms with Crippen molar-refractivity contribution < 1.29 is 27.1 Å². The maximum Gasteiger partial charge on any atom is 0.419 e. The van der Waals surface area contributed by atoms with Gasteiger partial charge in [0.05, 0.1) is 6.54 Å². The Labute approximate surface area is 131 Å². The second-order valence-corrected chi connectivity index (χ2v) is 5.99. The predicted octanol–water partition coefficient (Wildman–Crippen LogP) is 2.99. The number of hydrogen-bond donors (Lipinski definition) is 1. The van der Waals surface area contributed by atoms with Crippen LogP contribution in [0.5, 0.6) is 0 Å². The number of anilines is 1. The van der Waals surface area contributed by atoms with E-state index < -0.39 is 36.4 Å². The lowest BCUT2D eigenvalue weighted by Gasteiger charge is -2.25. The normalized spacial score (nSPS) is 21.9. The SMILES string of the molecule is OC1(C(F)(F)F)CCN(c2nc(-c3cc(F)cc(F)c3)ns2)C1. The summed E-state index contributed by atoms with van der Waals surface area (Å²) in [6.45, 7) is -0.690. The van der Waals surface area contributed by atoms with Crippen LogP contribution in [0.15, 0.2) is 18.2 Å². The van der Waals surface area contributed by atoms with E-state index in [4.69, 9.17) is 0 Å². The Morgan fingerprint density at radius 2 is 1.83 bits per heavy atom. The molecule has 1 aromatic heterocycles. The number of hydrogen-bond acceptors (Lipinski definition) is 5. The topological polar surface area (TPSA) is 49.2 Å². The zero-order chi connectivity index (χ0) is 16.8. The summed E-state index contributed by atoms with van der Waals surface area (Å²) < 4.78 is 68.7. The highest BCUT2D eigenvalue weighted by atomic mass is 32.1. The molecule has 4 nitrogen and oxygen atoms in total. The summed E-state index contributed by atoms with van der Waals surface area (Å²) in [5.41, 5.74) is -2.70. The van der Waals surface area contributed by atoms with Crippen molar-refractivity contribution in [3.05, 3.63) is 29.8 Å². The highest BCUT2D eigenvalue weighted by Crippen LogP contribution is 2.39. The van der Waals surface area contributed by atoms with Crippen LogP contribution in [0.1, 0.15) is 6.42 Å². The van der Waals surface area contributed by atoms with E-state index in [2.05, 4.69) is 9.36 Å². The van der Waals surface area contributed by atoms with Gasteiger partial charge in [-0.3, -0.25) is 0 Å². The first-order chi connectivity index (χ1) is 10.7. The highest BCUT2D eigenvalue weighted by Gasteiger charge is 2.57. The van der Waals surface area contributed by atoms with E-state index in [9.17, 15) is 27.1 Å². The van der Waals surface area contributed by atoms with Crippen LogP contribution in [-0.4, -0.2) is 39.3 Å². The Balaban J connectivity index is 1.83. The average molecular weight is 351 g/mol. The van der Waals surface area contributed by atoms with E-state index >= 15 is 0 Å². The molecule has 1 aliphatic heterocycles. The molecule has 1 unspecified atom stereocenters. The molecular weight excluding hydrogens is 341 g/mol. The number of alkyl halides is 3. The fourth-order valence-corrected chi connectivity index (χ4v) is 3.05. The maximum absolute atomic E-state index is 13.2. The third-order valence-electron chi connectivity index (χ3n) is 3.58. The number of aromatic nitrogens is 2. The van der Waals surface area contributed by atoms with Crippen LogP contribution in [0.4, 0.5) is 27.1 Å². The molecule has 2 heterocycles. The molecule has 3 rings (SSSR count). The Kier molecular flexibility index (Phi) is 3.75. The number of aliphatic hydroxyl groups is 1. The first-order valence-corrected chi connectivity index (χ1v) is 7.29. The summed E-state index contributed by atoms with van der Waals surface area (Å²) >= 11 is 0.806. The van der Waals surface area contributed by atoms with Gasteiger partial charge in [-0.15, -0.1) is 0 Å². The minimum atomic E-state index is -4.74. The van der Waals surface area contributed by atoms with E-state index in [0.29, 0.717) is 6.07 Å². The lowest BCUT2D eigenvalue weighted by molar-refractivity contribution is -0.250. The Morgan fingerprint density at radius 1 is 1.17 bits per heavy atom. The molecule has 0 bridgehead atoms.